The highest BCUT2D eigenvalue weighted by Gasteiger charge is 2.34. The molecule has 1 aromatic heterocycles. The standard InChI is InChI=1S/C24H24F4N4O4S/c1-4-16-11-15(12-19(25)22(16)31-37(3,34)35)13-29-21(33)8-6-17-5-7-20(24(26,27)28)30-23(17)32-10-9-18(14-32)36-2/h1,5-8,11-12,18,31H,9-10,13-14H2,2-3H3,(H,29,33). The average Bonchev–Trinajstić information content (AvgIpc) is 3.30. The van der Waals surface area contributed by atoms with Gasteiger partial charge in [-0.1, -0.05) is 5.92 Å². The second kappa shape index (κ2) is 11.2. The van der Waals surface area contributed by atoms with Gasteiger partial charge in [-0.25, -0.2) is 17.8 Å². The third-order valence-corrected chi connectivity index (χ3v) is 6.02. The van der Waals surface area contributed by atoms with Crippen LogP contribution in [0.1, 0.15) is 28.8 Å². The van der Waals surface area contributed by atoms with Crippen molar-refractivity contribution < 1.29 is 35.5 Å². The van der Waals surface area contributed by atoms with Crippen LogP contribution in [0.2, 0.25) is 0 Å². The second-order valence-electron chi connectivity index (χ2n) is 8.27. The number of nitrogens with zero attached hydrogens (tertiary/aromatic N) is 2. The number of halogens is 4. The minimum absolute atomic E-state index is 0.0503. The first kappa shape index (κ1) is 27.9. The highest BCUT2D eigenvalue weighted by molar-refractivity contribution is 7.92. The van der Waals surface area contributed by atoms with Gasteiger partial charge in [0.2, 0.25) is 15.9 Å². The number of nitrogens with one attached hydrogen (secondary N) is 2. The quantitative estimate of drug-likeness (QED) is 0.303. The molecule has 0 aliphatic carbocycles. The first-order valence-electron chi connectivity index (χ1n) is 10.9. The lowest BCUT2D eigenvalue weighted by atomic mass is 10.1. The summed E-state index contributed by atoms with van der Waals surface area (Å²) in [6.45, 7) is 0.645. The van der Waals surface area contributed by atoms with Crippen LogP contribution in [0.15, 0.2) is 30.3 Å². The molecule has 0 saturated carbocycles. The molecule has 2 N–H and O–H groups in total. The Labute approximate surface area is 211 Å². The monoisotopic (exact) mass is 540 g/mol. The van der Waals surface area contributed by atoms with Crippen molar-refractivity contribution in [2.24, 2.45) is 0 Å². The Hall–Kier alpha value is -3.63. The summed E-state index contributed by atoms with van der Waals surface area (Å²) in [6.07, 6.45) is 4.51. The zero-order valence-electron chi connectivity index (χ0n) is 19.9. The molecule has 37 heavy (non-hydrogen) atoms. The number of aromatic nitrogens is 1. The highest BCUT2D eigenvalue weighted by Crippen LogP contribution is 2.32. The van der Waals surface area contributed by atoms with Gasteiger partial charge in [0.05, 0.1) is 23.6 Å². The van der Waals surface area contributed by atoms with Crippen LogP contribution in [-0.4, -0.2) is 51.9 Å². The minimum atomic E-state index is -4.63. The van der Waals surface area contributed by atoms with Gasteiger partial charge in [-0.2, -0.15) is 13.2 Å². The van der Waals surface area contributed by atoms with Gasteiger partial charge < -0.3 is 15.0 Å². The van der Waals surface area contributed by atoms with Crippen molar-refractivity contribution in [3.05, 3.63) is 58.5 Å². The molecule has 1 aromatic carbocycles. The van der Waals surface area contributed by atoms with Gasteiger partial charge in [0.25, 0.3) is 0 Å². The number of hydrogen-bond donors (Lipinski definition) is 2. The smallest absolute Gasteiger partial charge is 0.380 e. The zero-order valence-corrected chi connectivity index (χ0v) is 20.7. The van der Waals surface area contributed by atoms with E-state index in [1.807, 2.05) is 4.72 Å². The van der Waals surface area contributed by atoms with Crippen LogP contribution in [0, 0.1) is 18.2 Å². The van der Waals surface area contributed by atoms with E-state index in [9.17, 15) is 30.8 Å². The molecule has 1 aliphatic rings. The van der Waals surface area contributed by atoms with E-state index in [0.29, 0.717) is 25.1 Å². The number of sulfonamides is 1. The van der Waals surface area contributed by atoms with E-state index in [4.69, 9.17) is 11.2 Å². The van der Waals surface area contributed by atoms with Crippen molar-refractivity contribution in [2.45, 2.75) is 25.2 Å². The van der Waals surface area contributed by atoms with E-state index in [0.717, 1.165) is 24.5 Å². The van der Waals surface area contributed by atoms with Crippen LogP contribution >= 0.6 is 0 Å². The summed E-state index contributed by atoms with van der Waals surface area (Å²) >= 11 is 0. The molecule has 1 fully saturated rings. The maximum absolute atomic E-state index is 14.4. The molecular weight excluding hydrogens is 516 g/mol. The van der Waals surface area contributed by atoms with Gasteiger partial charge in [-0.05, 0) is 42.3 Å². The molecule has 13 heteroatoms. The Morgan fingerprint density at radius 2 is 2.08 bits per heavy atom. The SMILES string of the molecule is C#Cc1cc(CNC(=O)C=Cc2ccc(C(F)(F)F)nc2N2CCC(OC)C2)cc(F)c1NS(C)(=O)=O. The lowest BCUT2D eigenvalue weighted by molar-refractivity contribution is -0.141. The number of carbonyl (C=O) groups is 1. The summed E-state index contributed by atoms with van der Waals surface area (Å²) in [5.41, 5.74) is -0.904. The number of benzene rings is 1. The molecule has 2 heterocycles. The van der Waals surface area contributed by atoms with Gasteiger partial charge >= 0.3 is 6.18 Å². The maximum atomic E-state index is 14.4. The van der Waals surface area contributed by atoms with Crippen LogP contribution in [0.3, 0.4) is 0 Å². The molecule has 8 nitrogen and oxygen atoms in total. The summed E-state index contributed by atoms with van der Waals surface area (Å²) < 4.78 is 84.3. The first-order valence-corrected chi connectivity index (χ1v) is 12.8. The van der Waals surface area contributed by atoms with Gasteiger partial charge in [-0.3, -0.25) is 9.52 Å². The van der Waals surface area contributed by atoms with E-state index in [1.54, 1.807) is 4.90 Å². The van der Waals surface area contributed by atoms with E-state index in [1.165, 1.54) is 25.3 Å². The predicted molar refractivity (Wildman–Crippen MR) is 131 cm³/mol. The van der Waals surface area contributed by atoms with Crippen LogP contribution in [0.4, 0.5) is 29.1 Å². The molecule has 3 rings (SSSR count). The molecule has 1 amide bonds. The Kier molecular flexibility index (Phi) is 8.45. The predicted octanol–water partition coefficient (Wildman–Crippen LogP) is 3.15. The van der Waals surface area contributed by atoms with Crippen molar-refractivity contribution in [3.63, 3.8) is 0 Å². The van der Waals surface area contributed by atoms with Crippen LogP contribution < -0.4 is 14.9 Å². The number of rotatable bonds is 8. The molecule has 198 valence electrons. The number of hydrogen-bond acceptors (Lipinski definition) is 6. The number of ether oxygens (including phenoxy) is 1. The van der Waals surface area contributed by atoms with Crippen molar-refractivity contribution in [1.82, 2.24) is 10.3 Å². The maximum Gasteiger partial charge on any atom is 0.433 e. The number of alkyl halides is 3. The minimum Gasteiger partial charge on any atom is -0.380 e. The molecule has 2 aromatic rings. The van der Waals surface area contributed by atoms with Crippen molar-refractivity contribution >= 4 is 33.5 Å². The third kappa shape index (κ3) is 7.43. The number of methoxy groups -OCH3 is 1. The summed E-state index contributed by atoms with van der Waals surface area (Å²) in [4.78, 5) is 17.8. The molecule has 0 bridgehead atoms. The zero-order chi connectivity index (χ0) is 27.4. The fourth-order valence-corrected chi connectivity index (χ4v) is 4.27. The van der Waals surface area contributed by atoms with Gasteiger partial charge in [0.1, 0.15) is 17.3 Å². The number of amides is 1. The summed E-state index contributed by atoms with van der Waals surface area (Å²) in [5.74, 6) is 0.748. The fourth-order valence-electron chi connectivity index (χ4n) is 3.69. The van der Waals surface area contributed by atoms with Crippen LogP contribution in [0.5, 0.6) is 0 Å². The van der Waals surface area contributed by atoms with Crippen molar-refractivity contribution in [2.75, 3.05) is 36.1 Å². The Morgan fingerprint density at radius 3 is 2.68 bits per heavy atom. The van der Waals surface area contributed by atoms with Crippen molar-refractivity contribution in [3.8, 4) is 12.3 Å². The highest BCUT2D eigenvalue weighted by atomic mass is 32.2. The lowest BCUT2D eigenvalue weighted by Gasteiger charge is -2.21. The van der Waals surface area contributed by atoms with Crippen molar-refractivity contribution in [1.29, 1.82) is 0 Å². The Morgan fingerprint density at radius 1 is 1.35 bits per heavy atom. The summed E-state index contributed by atoms with van der Waals surface area (Å²) in [5, 5.41) is 2.52. The van der Waals surface area contributed by atoms with Gasteiger partial charge in [-0.15, -0.1) is 6.42 Å². The molecule has 0 spiro atoms. The number of anilines is 2. The molecule has 1 unspecified atom stereocenters. The molecule has 0 radical (unpaired) electrons. The topological polar surface area (TPSA) is 101 Å². The molecular formula is C24H24F4N4O4S. The molecule has 1 atom stereocenters. The molecule has 1 saturated heterocycles. The summed E-state index contributed by atoms with van der Waals surface area (Å²) in [7, 11) is -2.25. The lowest BCUT2D eigenvalue weighted by Crippen LogP contribution is -2.25. The van der Waals surface area contributed by atoms with E-state index in [-0.39, 0.29) is 35.3 Å². The molecule has 1 aliphatic heterocycles. The first-order chi connectivity index (χ1) is 17.3. The van der Waals surface area contributed by atoms with Gasteiger partial charge in [0.15, 0.2) is 0 Å². The van der Waals surface area contributed by atoms with E-state index < -0.39 is 33.6 Å². The van der Waals surface area contributed by atoms with E-state index in [2.05, 4.69) is 16.2 Å². The van der Waals surface area contributed by atoms with Crippen LogP contribution in [-0.2, 0) is 32.3 Å². The van der Waals surface area contributed by atoms with Gasteiger partial charge in [0, 0.05) is 38.4 Å². The Bertz CT molecular complexity index is 1350. The average molecular weight is 541 g/mol. The Balaban J connectivity index is 1.76. The second-order valence-corrected chi connectivity index (χ2v) is 10.0. The number of pyridine rings is 1. The number of terminal acetylenes is 1. The third-order valence-electron chi connectivity index (χ3n) is 5.45. The number of carbonyl (C=O) groups excluding carboxylic acids is 1. The largest absolute Gasteiger partial charge is 0.433 e. The normalized spacial score (nSPS) is 16.1. The fraction of sp³-hybridized carbons (Fsp3) is 0.333. The summed E-state index contributed by atoms with van der Waals surface area (Å²) in [6, 6.07) is 4.44. The van der Waals surface area contributed by atoms with E-state index >= 15 is 0 Å². The van der Waals surface area contributed by atoms with Crippen LogP contribution in [0.25, 0.3) is 6.08 Å².